The van der Waals surface area contributed by atoms with E-state index < -0.39 is 33.9 Å². The topological polar surface area (TPSA) is 116 Å². The van der Waals surface area contributed by atoms with Gasteiger partial charge in [-0.2, -0.15) is 8.42 Å². The Kier molecular flexibility index (Phi) is 7.73. The van der Waals surface area contributed by atoms with Crippen molar-refractivity contribution in [3.05, 3.63) is 35.6 Å². The molecule has 0 saturated heterocycles. The average Bonchev–Trinajstić information content (AvgIpc) is 2.73. The predicted molar refractivity (Wildman–Crippen MR) is 93.4 cm³/mol. The Hall–Kier alpha value is -1.97. The Morgan fingerprint density at radius 3 is 2.54 bits per heavy atom. The van der Waals surface area contributed by atoms with E-state index in [0.29, 0.717) is 0 Å². The number of carbonyl (C=O) groups excluding carboxylic acids is 2. The van der Waals surface area contributed by atoms with Crippen LogP contribution in [-0.2, 0) is 33.6 Å². The summed E-state index contributed by atoms with van der Waals surface area (Å²) < 4.78 is 45.4. The standard InChI is InChI=1S/C17H24O8S/c1-5-7-8-9-10-17(4)15(18)14(16(19)23-6-2)13(24-17)11-12(3)25-26(20,21)22/h7-10,12H,5-6,11H2,1-4H3,(H,20,21,22)/b8-7+,10-9+. The summed E-state index contributed by atoms with van der Waals surface area (Å²) in [7, 11) is -4.68. The molecule has 1 aliphatic heterocycles. The van der Waals surface area contributed by atoms with E-state index in [1.165, 1.54) is 19.9 Å². The molecule has 26 heavy (non-hydrogen) atoms. The highest BCUT2D eigenvalue weighted by atomic mass is 32.3. The minimum Gasteiger partial charge on any atom is -0.478 e. The van der Waals surface area contributed by atoms with Crippen LogP contribution in [0.3, 0.4) is 0 Å². The van der Waals surface area contributed by atoms with Gasteiger partial charge in [-0.05, 0) is 33.3 Å². The molecule has 0 aromatic rings. The number of allylic oxidation sites excluding steroid dienone is 3. The van der Waals surface area contributed by atoms with Gasteiger partial charge in [0, 0.05) is 6.42 Å². The molecule has 0 aliphatic carbocycles. The minimum absolute atomic E-state index is 0.0452. The molecule has 0 fully saturated rings. The van der Waals surface area contributed by atoms with Gasteiger partial charge in [0.05, 0.1) is 12.7 Å². The van der Waals surface area contributed by atoms with E-state index in [9.17, 15) is 18.0 Å². The van der Waals surface area contributed by atoms with Crippen LogP contribution >= 0.6 is 0 Å². The van der Waals surface area contributed by atoms with Crippen molar-refractivity contribution in [2.45, 2.75) is 52.2 Å². The maximum absolute atomic E-state index is 12.7. The largest absolute Gasteiger partial charge is 0.478 e. The lowest BCUT2D eigenvalue weighted by molar-refractivity contribution is -0.140. The highest BCUT2D eigenvalue weighted by Crippen LogP contribution is 2.35. The fraction of sp³-hybridized carbons (Fsp3) is 0.529. The first-order valence-corrected chi connectivity index (χ1v) is 9.54. The number of hydrogen-bond donors (Lipinski definition) is 1. The van der Waals surface area contributed by atoms with Crippen LogP contribution in [0.4, 0.5) is 0 Å². The van der Waals surface area contributed by atoms with Gasteiger partial charge in [-0.25, -0.2) is 8.98 Å². The summed E-state index contributed by atoms with van der Waals surface area (Å²) in [5.41, 5.74) is -1.71. The smallest absolute Gasteiger partial charge is 0.397 e. The molecule has 1 N–H and O–H groups in total. The SMILES string of the molecule is CC/C=C/C=C/C1(C)OC(CC(C)OS(=O)(=O)O)=C(C(=O)OCC)C1=O. The second-order valence-corrected chi connectivity index (χ2v) is 6.84. The molecule has 0 bridgehead atoms. The Balaban J connectivity index is 3.14. The third-order valence-electron chi connectivity index (χ3n) is 3.43. The zero-order valence-corrected chi connectivity index (χ0v) is 16.0. The molecule has 1 aliphatic rings. The van der Waals surface area contributed by atoms with Crippen LogP contribution in [0.1, 0.15) is 40.5 Å². The van der Waals surface area contributed by atoms with E-state index in [1.54, 1.807) is 19.1 Å². The third-order valence-corrected chi connectivity index (χ3v) is 4.00. The summed E-state index contributed by atoms with van der Waals surface area (Å²) in [6, 6.07) is 0. The molecule has 0 saturated carbocycles. The molecule has 1 heterocycles. The average molecular weight is 388 g/mol. The summed E-state index contributed by atoms with van der Waals surface area (Å²) in [4.78, 5) is 24.9. The Labute approximate surface area is 153 Å². The molecular weight excluding hydrogens is 364 g/mol. The minimum atomic E-state index is -4.68. The van der Waals surface area contributed by atoms with Gasteiger partial charge in [0.25, 0.3) is 0 Å². The van der Waals surface area contributed by atoms with Crippen molar-refractivity contribution >= 4 is 22.2 Å². The third kappa shape index (κ3) is 6.08. The van der Waals surface area contributed by atoms with Gasteiger partial charge in [-0.3, -0.25) is 9.35 Å². The van der Waals surface area contributed by atoms with Crippen molar-refractivity contribution in [3.8, 4) is 0 Å². The molecule has 0 amide bonds. The van der Waals surface area contributed by atoms with E-state index in [0.717, 1.165) is 6.42 Å². The summed E-state index contributed by atoms with van der Waals surface area (Å²) >= 11 is 0. The van der Waals surface area contributed by atoms with E-state index in [2.05, 4.69) is 4.18 Å². The number of ketones is 1. The predicted octanol–water partition coefficient (Wildman–Crippen LogP) is 2.28. The molecule has 0 aromatic heterocycles. The second kappa shape index (κ2) is 9.11. The lowest BCUT2D eigenvalue weighted by atomic mass is 9.95. The van der Waals surface area contributed by atoms with Crippen molar-refractivity contribution < 1.29 is 36.2 Å². The first kappa shape index (κ1) is 22.1. The lowest BCUT2D eigenvalue weighted by Crippen LogP contribution is -2.33. The maximum Gasteiger partial charge on any atom is 0.397 e. The molecule has 8 nitrogen and oxygen atoms in total. The summed E-state index contributed by atoms with van der Waals surface area (Å²) in [5, 5.41) is 0. The summed E-state index contributed by atoms with van der Waals surface area (Å²) in [5.74, 6) is -1.49. The van der Waals surface area contributed by atoms with Crippen molar-refractivity contribution in [1.29, 1.82) is 0 Å². The maximum atomic E-state index is 12.7. The monoisotopic (exact) mass is 388 g/mol. The normalized spacial score (nSPS) is 22.3. The summed E-state index contributed by atoms with van der Waals surface area (Å²) in [6.07, 6.45) is 6.30. The van der Waals surface area contributed by atoms with Gasteiger partial charge < -0.3 is 9.47 Å². The number of carbonyl (C=O) groups is 2. The molecule has 0 spiro atoms. The van der Waals surface area contributed by atoms with Crippen molar-refractivity contribution in [2.75, 3.05) is 6.61 Å². The molecule has 2 atom stereocenters. The molecule has 0 aromatic carbocycles. The van der Waals surface area contributed by atoms with Crippen LogP contribution < -0.4 is 0 Å². The zero-order valence-electron chi connectivity index (χ0n) is 15.2. The van der Waals surface area contributed by atoms with E-state index >= 15 is 0 Å². The highest BCUT2D eigenvalue weighted by Gasteiger charge is 2.47. The first-order valence-electron chi connectivity index (χ1n) is 8.18. The van der Waals surface area contributed by atoms with E-state index in [-0.39, 0.29) is 24.4 Å². The number of esters is 1. The Morgan fingerprint density at radius 1 is 1.35 bits per heavy atom. The van der Waals surface area contributed by atoms with Crippen LogP contribution in [0.2, 0.25) is 0 Å². The summed E-state index contributed by atoms with van der Waals surface area (Å²) in [6.45, 7) is 6.46. The van der Waals surface area contributed by atoms with Crippen molar-refractivity contribution in [2.24, 2.45) is 0 Å². The number of Topliss-reactive ketones (excluding diaryl/α,β-unsaturated/α-hetero) is 1. The molecular formula is C17H24O8S. The van der Waals surface area contributed by atoms with Crippen LogP contribution in [0.25, 0.3) is 0 Å². The van der Waals surface area contributed by atoms with Gasteiger partial charge in [-0.15, -0.1) is 0 Å². The zero-order chi connectivity index (χ0) is 20.0. The Bertz CT molecular complexity index is 732. The van der Waals surface area contributed by atoms with E-state index in [1.807, 2.05) is 13.0 Å². The molecule has 0 radical (unpaired) electrons. The number of ether oxygens (including phenoxy) is 2. The van der Waals surface area contributed by atoms with Crippen LogP contribution in [0.5, 0.6) is 0 Å². The van der Waals surface area contributed by atoms with Crippen LogP contribution in [0.15, 0.2) is 35.6 Å². The van der Waals surface area contributed by atoms with Gasteiger partial charge >= 0.3 is 16.4 Å². The first-order chi connectivity index (χ1) is 12.0. The Morgan fingerprint density at radius 2 is 2.00 bits per heavy atom. The molecule has 146 valence electrons. The fourth-order valence-electron chi connectivity index (χ4n) is 2.35. The quantitative estimate of drug-likeness (QED) is 0.277. The molecule has 9 heteroatoms. The second-order valence-electron chi connectivity index (χ2n) is 5.79. The van der Waals surface area contributed by atoms with E-state index in [4.69, 9.17) is 14.0 Å². The van der Waals surface area contributed by atoms with Gasteiger partial charge in [0.2, 0.25) is 5.78 Å². The number of rotatable bonds is 9. The van der Waals surface area contributed by atoms with Crippen molar-refractivity contribution in [3.63, 3.8) is 0 Å². The van der Waals surface area contributed by atoms with Crippen molar-refractivity contribution in [1.82, 2.24) is 0 Å². The van der Waals surface area contributed by atoms with Crippen LogP contribution in [0, 0.1) is 0 Å². The number of hydrogen-bond acceptors (Lipinski definition) is 7. The lowest BCUT2D eigenvalue weighted by Gasteiger charge is -2.20. The van der Waals surface area contributed by atoms with Gasteiger partial charge in [0.1, 0.15) is 11.3 Å². The molecule has 1 rings (SSSR count). The van der Waals surface area contributed by atoms with Gasteiger partial charge in [-0.1, -0.05) is 25.2 Å². The fourth-order valence-corrected chi connectivity index (χ4v) is 2.83. The molecule has 2 unspecified atom stereocenters. The van der Waals surface area contributed by atoms with Crippen LogP contribution in [-0.4, -0.2) is 43.0 Å². The van der Waals surface area contributed by atoms with Gasteiger partial charge in [0.15, 0.2) is 5.60 Å². The highest BCUT2D eigenvalue weighted by molar-refractivity contribution is 7.80.